The van der Waals surface area contributed by atoms with E-state index in [0.29, 0.717) is 0 Å². The summed E-state index contributed by atoms with van der Waals surface area (Å²) < 4.78 is 0. The Morgan fingerprint density at radius 1 is 0.714 bits per heavy atom. The van der Waals surface area contributed by atoms with Gasteiger partial charge < -0.3 is 0 Å². The van der Waals surface area contributed by atoms with E-state index in [4.69, 9.17) is 4.98 Å². The molecular formula is C26H21NS. The van der Waals surface area contributed by atoms with Crippen molar-refractivity contribution in [2.45, 2.75) is 18.2 Å². The average molecular weight is 380 g/mol. The van der Waals surface area contributed by atoms with Crippen LogP contribution in [0.5, 0.6) is 0 Å². The van der Waals surface area contributed by atoms with Gasteiger partial charge in [0.05, 0.1) is 5.69 Å². The third-order valence-corrected chi connectivity index (χ3v) is 6.40. The quantitative estimate of drug-likeness (QED) is 0.238. The molecule has 28 heavy (non-hydrogen) atoms. The molecule has 5 rings (SSSR count). The van der Waals surface area contributed by atoms with Gasteiger partial charge in [-0.15, -0.1) is 11.8 Å². The van der Waals surface area contributed by atoms with Gasteiger partial charge in [-0.1, -0.05) is 67.6 Å². The lowest BCUT2D eigenvalue weighted by Crippen LogP contribution is -1.91. The van der Waals surface area contributed by atoms with Crippen LogP contribution in [0.2, 0.25) is 0 Å². The summed E-state index contributed by atoms with van der Waals surface area (Å²) in [5.74, 6) is 0. The minimum Gasteiger partial charge on any atom is -0.255 e. The molecule has 0 aliphatic heterocycles. The third kappa shape index (κ3) is 2.68. The Balaban J connectivity index is 1.83. The van der Waals surface area contributed by atoms with Crippen molar-refractivity contribution in [1.82, 2.24) is 4.98 Å². The molecule has 0 saturated heterocycles. The molecule has 0 amide bonds. The van der Waals surface area contributed by atoms with E-state index in [1.54, 1.807) is 11.8 Å². The number of benzene rings is 4. The van der Waals surface area contributed by atoms with Crippen molar-refractivity contribution in [3.8, 4) is 11.3 Å². The van der Waals surface area contributed by atoms with Gasteiger partial charge in [0, 0.05) is 16.7 Å². The van der Waals surface area contributed by atoms with Crippen LogP contribution in [0.15, 0.2) is 83.9 Å². The molecule has 0 aliphatic rings. The van der Waals surface area contributed by atoms with Crippen molar-refractivity contribution >= 4 is 44.1 Å². The number of thioether (sulfide) groups is 1. The molecule has 1 nitrogen and oxygen atoms in total. The first-order chi connectivity index (χ1) is 13.8. The largest absolute Gasteiger partial charge is 0.255 e. The smallest absolute Gasteiger partial charge is 0.0705 e. The second-order valence-corrected chi connectivity index (χ2v) is 7.93. The number of hydrogen-bond acceptors (Lipinski definition) is 2. The predicted molar refractivity (Wildman–Crippen MR) is 123 cm³/mol. The van der Waals surface area contributed by atoms with Crippen LogP contribution in [-0.2, 0) is 6.42 Å². The first-order valence-electron chi connectivity index (χ1n) is 9.66. The number of pyridine rings is 1. The van der Waals surface area contributed by atoms with Crippen LogP contribution in [-0.4, -0.2) is 11.2 Å². The second kappa shape index (κ2) is 6.96. The van der Waals surface area contributed by atoms with Gasteiger partial charge in [-0.05, 0) is 62.7 Å². The number of fused-ring (bicyclic) bond motifs is 6. The molecule has 0 fully saturated rings. The minimum absolute atomic E-state index is 1.02. The van der Waals surface area contributed by atoms with Gasteiger partial charge in [-0.3, -0.25) is 4.98 Å². The lowest BCUT2D eigenvalue weighted by Gasteiger charge is -2.12. The average Bonchev–Trinajstić information content (AvgIpc) is 2.78. The molecular weight excluding hydrogens is 358 g/mol. The van der Waals surface area contributed by atoms with Crippen molar-refractivity contribution in [1.29, 1.82) is 0 Å². The molecule has 0 spiro atoms. The number of hydrogen-bond donors (Lipinski definition) is 0. The van der Waals surface area contributed by atoms with Gasteiger partial charge >= 0.3 is 0 Å². The maximum Gasteiger partial charge on any atom is 0.0705 e. The summed E-state index contributed by atoms with van der Waals surface area (Å²) in [6, 6.07) is 26.4. The Labute approximate surface area is 169 Å². The number of aryl methyl sites for hydroxylation is 1. The fourth-order valence-electron chi connectivity index (χ4n) is 4.17. The van der Waals surface area contributed by atoms with Gasteiger partial charge in [0.25, 0.3) is 0 Å². The van der Waals surface area contributed by atoms with Crippen molar-refractivity contribution in [2.24, 2.45) is 0 Å². The van der Waals surface area contributed by atoms with Crippen LogP contribution < -0.4 is 0 Å². The molecule has 1 aromatic heterocycles. The van der Waals surface area contributed by atoms with Crippen LogP contribution in [0.25, 0.3) is 43.6 Å². The van der Waals surface area contributed by atoms with E-state index in [1.807, 2.05) is 6.20 Å². The zero-order valence-corrected chi connectivity index (χ0v) is 16.9. The summed E-state index contributed by atoms with van der Waals surface area (Å²) in [5.41, 5.74) is 3.59. The van der Waals surface area contributed by atoms with E-state index < -0.39 is 0 Å². The molecule has 1 heterocycles. The molecule has 0 radical (unpaired) electrons. The highest BCUT2D eigenvalue weighted by Gasteiger charge is 2.11. The van der Waals surface area contributed by atoms with Gasteiger partial charge in [0.2, 0.25) is 0 Å². The highest BCUT2D eigenvalue weighted by molar-refractivity contribution is 7.98. The molecule has 0 bridgehead atoms. The number of rotatable bonds is 3. The summed E-state index contributed by atoms with van der Waals surface area (Å²) in [7, 11) is 0. The van der Waals surface area contributed by atoms with E-state index in [-0.39, 0.29) is 0 Å². The Kier molecular flexibility index (Phi) is 4.29. The van der Waals surface area contributed by atoms with Gasteiger partial charge in [-0.2, -0.15) is 0 Å². The van der Waals surface area contributed by atoms with E-state index in [2.05, 4.69) is 86.0 Å². The normalized spacial score (nSPS) is 11.5. The van der Waals surface area contributed by atoms with Gasteiger partial charge in [0.1, 0.15) is 0 Å². The molecule has 5 aromatic rings. The Hall–Kier alpha value is -2.84. The zero-order chi connectivity index (χ0) is 19.1. The maximum absolute atomic E-state index is 4.76. The lowest BCUT2D eigenvalue weighted by atomic mass is 9.92. The Morgan fingerprint density at radius 3 is 1.86 bits per heavy atom. The van der Waals surface area contributed by atoms with Gasteiger partial charge in [-0.25, -0.2) is 0 Å². The van der Waals surface area contributed by atoms with Crippen molar-refractivity contribution < 1.29 is 0 Å². The van der Waals surface area contributed by atoms with E-state index in [1.165, 1.54) is 48.3 Å². The Morgan fingerprint density at radius 2 is 1.29 bits per heavy atom. The molecule has 136 valence electrons. The number of nitrogens with zero attached hydrogens (tertiary/aromatic N) is 1. The number of aromatic nitrogens is 1. The van der Waals surface area contributed by atoms with Crippen molar-refractivity contribution in [3.63, 3.8) is 0 Å². The molecule has 0 unspecified atom stereocenters. The minimum atomic E-state index is 1.02. The summed E-state index contributed by atoms with van der Waals surface area (Å²) in [6.45, 7) is 2.21. The van der Waals surface area contributed by atoms with Crippen LogP contribution in [0.4, 0.5) is 0 Å². The maximum atomic E-state index is 4.76. The van der Waals surface area contributed by atoms with Crippen LogP contribution in [0.1, 0.15) is 12.5 Å². The van der Waals surface area contributed by atoms with Gasteiger partial charge in [0.15, 0.2) is 0 Å². The standard InChI is InChI=1S/C26H21NS/c1-3-17-15-25(27-16-26(17)28-2)18-12-13-23-21-10-5-4-8-19(21)20-9-6-7-11-22(20)24(23)14-18/h4-16H,3H2,1-2H3. The molecule has 2 heteroatoms. The lowest BCUT2D eigenvalue weighted by molar-refractivity contribution is 1.05. The first-order valence-corrected chi connectivity index (χ1v) is 10.9. The fourth-order valence-corrected chi connectivity index (χ4v) is 4.79. The topological polar surface area (TPSA) is 12.9 Å². The van der Waals surface area contributed by atoms with E-state index >= 15 is 0 Å². The fraction of sp³-hybridized carbons (Fsp3) is 0.115. The highest BCUT2D eigenvalue weighted by Crippen LogP contribution is 2.37. The van der Waals surface area contributed by atoms with Crippen molar-refractivity contribution in [2.75, 3.05) is 6.26 Å². The van der Waals surface area contributed by atoms with E-state index in [0.717, 1.165) is 12.1 Å². The Bertz CT molecular complexity index is 1300. The molecule has 0 atom stereocenters. The zero-order valence-electron chi connectivity index (χ0n) is 16.1. The first kappa shape index (κ1) is 17.3. The van der Waals surface area contributed by atoms with Crippen LogP contribution >= 0.6 is 11.8 Å². The molecule has 0 N–H and O–H groups in total. The highest BCUT2D eigenvalue weighted by atomic mass is 32.2. The summed E-state index contributed by atoms with van der Waals surface area (Å²) in [6.07, 6.45) is 5.15. The molecule has 0 saturated carbocycles. The van der Waals surface area contributed by atoms with Crippen molar-refractivity contribution in [3.05, 3.63) is 84.6 Å². The molecule has 0 aliphatic carbocycles. The monoisotopic (exact) mass is 379 g/mol. The van der Waals surface area contributed by atoms with E-state index in [9.17, 15) is 0 Å². The SMILES string of the molecule is CCc1cc(-c2ccc3c4ccccc4c4ccccc4c3c2)ncc1SC. The summed E-state index contributed by atoms with van der Waals surface area (Å²) >= 11 is 1.77. The summed E-state index contributed by atoms with van der Waals surface area (Å²) in [4.78, 5) is 6.02. The van der Waals surface area contributed by atoms with Crippen LogP contribution in [0, 0.1) is 0 Å². The summed E-state index contributed by atoms with van der Waals surface area (Å²) in [5, 5.41) is 7.82. The molecule has 4 aromatic carbocycles. The predicted octanol–water partition coefficient (Wildman–Crippen LogP) is 7.49. The van der Waals surface area contributed by atoms with Crippen LogP contribution in [0.3, 0.4) is 0 Å². The third-order valence-electron chi connectivity index (χ3n) is 5.59. The second-order valence-electron chi connectivity index (χ2n) is 7.09.